The van der Waals surface area contributed by atoms with E-state index < -0.39 is 0 Å². The maximum absolute atomic E-state index is 12.9. The number of carbonyl (C=O) groups is 1. The number of hydrogen-bond donors (Lipinski definition) is 2. The first kappa shape index (κ1) is 18.0. The van der Waals surface area contributed by atoms with Crippen LogP contribution in [0.4, 0.5) is 27.3 Å². The van der Waals surface area contributed by atoms with Gasteiger partial charge in [0.15, 0.2) is 0 Å². The van der Waals surface area contributed by atoms with Crippen molar-refractivity contribution in [3.05, 3.63) is 78.2 Å². The molecule has 0 bridgehead atoms. The topological polar surface area (TPSA) is 57.3 Å². The van der Waals surface area contributed by atoms with Gasteiger partial charge in [0, 0.05) is 30.0 Å². The number of halogens is 1. The van der Waals surface area contributed by atoms with Crippen LogP contribution < -0.4 is 15.5 Å². The quantitative estimate of drug-likeness (QED) is 0.670. The van der Waals surface area contributed by atoms with Gasteiger partial charge in [-0.15, -0.1) is 0 Å². The highest BCUT2D eigenvalue weighted by Crippen LogP contribution is 2.24. The van der Waals surface area contributed by atoms with E-state index in [9.17, 15) is 9.18 Å². The van der Waals surface area contributed by atoms with E-state index in [1.807, 2.05) is 6.07 Å². The summed E-state index contributed by atoms with van der Waals surface area (Å²) in [7, 11) is 0. The van der Waals surface area contributed by atoms with Crippen molar-refractivity contribution in [1.29, 1.82) is 0 Å². The van der Waals surface area contributed by atoms with Gasteiger partial charge in [0.05, 0.1) is 11.9 Å². The second-order valence-electron chi connectivity index (χ2n) is 6.76. The fourth-order valence-corrected chi connectivity index (χ4v) is 3.23. The summed E-state index contributed by atoms with van der Waals surface area (Å²) in [5, 5.41) is 6.01. The van der Waals surface area contributed by atoms with E-state index in [0.29, 0.717) is 11.4 Å². The lowest BCUT2D eigenvalue weighted by Crippen LogP contribution is -2.17. The number of rotatable bonds is 5. The molecule has 3 aromatic rings. The SMILES string of the molecule is O=C(Nc1ccc(Nc2ccc(N3CCCC3)cc2)cn1)c1ccc(F)cc1. The van der Waals surface area contributed by atoms with E-state index >= 15 is 0 Å². The molecule has 0 atom stereocenters. The van der Waals surface area contributed by atoms with E-state index in [1.54, 1.807) is 12.3 Å². The van der Waals surface area contributed by atoms with Crippen molar-refractivity contribution >= 4 is 28.8 Å². The summed E-state index contributed by atoms with van der Waals surface area (Å²) in [4.78, 5) is 18.8. The lowest BCUT2D eigenvalue weighted by molar-refractivity contribution is 0.102. The summed E-state index contributed by atoms with van der Waals surface area (Å²) in [6.07, 6.45) is 4.18. The number of hydrogen-bond acceptors (Lipinski definition) is 4. The van der Waals surface area contributed by atoms with Crippen LogP contribution in [-0.4, -0.2) is 24.0 Å². The third kappa shape index (κ3) is 4.28. The minimum Gasteiger partial charge on any atom is -0.372 e. The molecule has 0 saturated carbocycles. The first-order valence-electron chi connectivity index (χ1n) is 9.32. The maximum atomic E-state index is 12.9. The van der Waals surface area contributed by atoms with Gasteiger partial charge >= 0.3 is 0 Å². The molecule has 2 N–H and O–H groups in total. The summed E-state index contributed by atoms with van der Waals surface area (Å²) in [6, 6.07) is 17.3. The lowest BCUT2D eigenvalue weighted by Gasteiger charge is -2.18. The molecule has 0 spiro atoms. The second kappa shape index (κ2) is 8.08. The largest absolute Gasteiger partial charge is 0.372 e. The van der Waals surface area contributed by atoms with Crippen LogP contribution in [0.3, 0.4) is 0 Å². The zero-order valence-electron chi connectivity index (χ0n) is 15.4. The maximum Gasteiger partial charge on any atom is 0.256 e. The summed E-state index contributed by atoms with van der Waals surface area (Å²) in [5.74, 6) is -0.270. The first-order chi connectivity index (χ1) is 13.7. The Bertz CT molecular complexity index is 934. The monoisotopic (exact) mass is 376 g/mol. The minimum atomic E-state index is -0.376. The first-order valence-corrected chi connectivity index (χ1v) is 9.32. The molecule has 0 aliphatic carbocycles. The molecule has 0 unspecified atom stereocenters. The van der Waals surface area contributed by atoms with Crippen molar-refractivity contribution in [2.45, 2.75) is 12.8 Å². The Morgan fingerprint density at radius 3 is 2.21 bits per heavy atom. The Morgan fingerprint density at radius 1 is 0.893 bits per heavy atom. The molecule has 6 heteroatoms. The van der Waals surface area contributed by atoms with Crippen LogP contribution in [0.5, 0.6) is 0 Å². The van der Waals surface area contributed by atoms with E-state index in [-0.39, 0.29) is 11.7 Å². The number of aromatic nitrogens is 1. The van der Waals surface area contributed by atoms with E-state index in [1.165, 1.54) is 42.8 Å². The molecule has 1 aromatic heterocycles. The van der Waals surface area contributed by atoms with E-state index in [0.717, 1.165) is 24.5 Å². The molecule has 1 fully saturated rings. The van der Waals surface area contributed by atoms with Crippen molar-refractivity contribution in [2.24, 2.45) is 0 Å². The average molecular weight is 376 g/mol. The van der Waals surface area contributed by atoms with Crippen molar-refractivity contribution in [3.8, 4) is 0 Å². The molecule has 1 amide bonds. The Kier molecular flexibility index (Phi) is 5.19. The minimum absolute atomic E-state index is 0.328. The number of benzene rings is 2. The van der Waals surface area contributed by atoms with Gasteiger partial charge in [-0.2, -0.15) is 0 Å². The molecule has 2 heterocycles. The molecule has 0 radical (unpaired) electrons. The molecule has 28 heavy (non-hydrogen) atoms. The summed E-state index contributed by atoms with van der Waals surface area (Å²) in [5.41, 5.74) is 3.44. The summed E-state index contributed by atoms with van der Waals surface area (Å²) < 4.78 is 12.9. The number of carbonyl (C=O) groups excluding carboxylic acids is 1. The lowest BCUT2D eigenvalue weighted by atomic mass is 10.2. The van der Waals surface area contributed by atoms with Crippen LogP contribution in [0, 0.1) is 5.82 Å². The predicted octanol–water partition coefficient (Wildman–Crippen LogP) is 4.82. The van der Waals surface area contributed by atoms with Crippen LogP contribution in [0.2, 0.25) is 0 Å². The van der Waals surface area contributed by atoms with Crippen molar-refractivity contribution < 1.29 is 9.18 Å². The van der Waals surface area contributed by atoms with Gasteiger partial charge in [-0.05, 0) is 73.5 Å². The fraction of sp³-hybridized carbons (Fsp3) is 0.182. The van der Waals surface area contributed by atoms with Crippen molar-refractivity contribution in [2.75, 3.05) is 28.6 Å². The second-order valence-corrected chi connectivity index (χ2v) is 6.76. The molecule has 1 saturated heterocycles. The van der Waals surface area contributed by atoms with Crippen LogP contribution in [0.25, 0.3) is 0 Å². The molecule has 2 aromatic carbocycles. The molecule has 5 nitrogen and oxygen atoms in total. The molecular formula is C22H21FN4O. The van der Waals surface area contributed by atoms with Crippen LogP contribution in [0.1, 0.15) is 23.2 Å². The molecular weight excluding hydrogens is 355 g/mol. The van der Waals surface area contributed by atoms with Gasteiger partial charge in [-0.25, -0.2) is 9.37 Å². The Morgan fingerprint density at radius 2 is 1.57 bits per heavy atom. The standard InChI is InChI=1S/C22H21FN4O/c23-17-5-3-16(4-6-17)22(28)26-21-12-9-19(15-24-21)25-18-7-10-20(11-8-18)27-13-1-2-14-27/h3-12,15,25H,1-2,13-14H2,(H,24,26,28). The van der Waals surface area contributed by atoms with E-state index in [4.69, 9.17) is 0 Å². The molecule has 1 aliphatic rings. The Hall–Kier alpha value is -3.41. The highest BCUT2D eigenvalue weighted by molar-refractivity contribution is 6.03. The van der Waals surface area contributed by atoms with E-state index in [2.05, 4.69) is 44.8 Å². The van der Waals surface area contributed by atoms with Gasteiger partial charge in [0.2, 0.25) is 0 Å². The van der Waals surface area contributed by atoms with Gasteiger partial charge in [-0.3, -0.25) is 4.79 Å². The van der Waals surface area contributed by atoms with Gasteiger partial charge < -0.3 is 15.5 Å². The van der Waals surface area contributed by atoms with Crippen LogP contribution in [0.15, 0.2) is 66.9 Å². The Labute approximate surface area is 163 Å². The summed E-state index contributed by atoms with van der Waals surface area (Å²) >= 11 is 0. The average Bonchev–Trinajstić information content (AvgIpc) is 3.25. The normalized spacial score (nSPS) is 13.4. The predicted molar refractivity (Wildman–Crippen MR) is 110 cm³/mol. The van der Waals surface area contributed by atoms with Crippen LogP contribution in [-0.2, 0) is 0 Å². The fourth-order valence-electron chi connectivity index (χ4n) is 3.23. The molecule has 1 aliphatic heterocycles. The van der Waals surface area contributed by atoms with Gasteiger partial charge in [0.1, 0.15) is 11.6 Å². The smallest absolute Gasteiger partial charge is 0.256 e. The number of nitrogens with one attached hydrogen (secondary N) is 2. The number of nitrogens with zero attached hydrogens (tertiary/aromatic N) is 2. The highest BCUT2D eigenvalue weighted by atomic mass is 19.1. The van der Waals surface area contributed by atoms with Crippen molar-refractivity contribution in [1.82, 2.24) is 4.98 Å². The number of pyridine rings is 1. The Balaban J connectivity index is 1.36. The molecule has 142 valence electrons. The highest BCUT2D eigenvalue weighted by Gasteiger charge is 2.12. The third-order valence-electron chi connectivity index (χ3n) is 4.74. The number of anilines is 4. The summed E-state index contributed by atoms with van der Waals surface area (Å²) in [6.45, 7) is 2.25. The zero-order valence-corrected chi connectivity index (χ0v) is 15.4. The molecule has 4 rings (SSSR count). The zero-order chi connectivity index (χ0) is 19.3. The van der Waals surface area contributed by atoms with Gasteiger partial charge in [-0.1, -0.05) is 0 Å². The van der Waals surface area contributed by atoms with Gasteiger partial charge in [0.25, 0.3) is 5.91 Å². The number of amides is 1. The van der Waals surface area contributed by atoms with Crippen molar-refractivity contribution in [3.63, 3.8) is 0 Å². The van der Waals surface area contributed by atoms with Crippen LogP contribution >= 0.6 is 0 Å². The third-order valence-corrected chi connectivity index (χ3v) is 4.74.